The van der Waals surface area contributed by atoms with E-state index in [1.165, 1.54) is 0 Å². The molecule has 0 aliphatic carbocycles. The Bertz CT molecular complexity index is 163. The minimum Gasteiger partial charge on any atom is -0.334 e. The van der Waals surface area contributed by atoms with Crippen molar-refractivity contribution in [3.05, 3.63) is 0 Å². The monoisotopic (exact) mass is 263 g/mol. The summed E-state index contributed by atoms with van der Waals surface area (Å²) in [6.45, 7) is 15.7. The van der Waals surface area contributed by atoms with Gasteiger partial charge in [0.05, 0.1) is 13.2 Å². The van der Waals surface area contributed by atoms with Crippen LogP contribution in [-0.2, 0) is 9.05 Å². The summed E-state index contributed by atoms with van der Waals surface area (Å²) < 4.78 is 11.5. The van der Waals surface area contributed by atoms with Crippen LogP contribution in [0, 0.1) is 0 Å². The highest BCUT2D eigenvalue weighted by molar-refractivity contribution is 7.47. The zero-order chi connectivity index (χ0) is 13.3. The minimum absolute atomic E-state index is 0.572. The van der Waals surface area contributed by atoms with Crippen LogP contribution in [0.25, 0.3) is 0 Å². The smallest absolute Gasteiger partial charge is 0.170 e. The lowest BCUT2D eigenvalue weighted by atomic mass is 10.2. The molecule has 0 aromatic heterocycles. The van der Waals surface area contributed by atoms with Crippen molar-refractivity contribution >= 4 is 8.38 Å². The Balaban J connectivity index is 3.91. The summed E-state index contributed by atoms with van der Waals surface area (Å²) in [5, 5.41) is 0. The Kier molecular flexibility index (Phi) is 10.4. The van der Waals surface area contributed by atoms with E-state index in [9.17, 15) is 0 Å². The normalized spacial score (nSPS) is 13.9. The maximum Gasteiger partial charge on any atom is 0.170 e. The van der Waals surface area contributed by atoms with E-state index in [2.05, 4.69) is 39.5 Å². The maximum atomic E-state index is 5.85. The van der Waals surface area contributed by atoms with E-state index in [-0.39, 0.29) is 0 Å². The molecule has 0 aliphatic rings. The van der Waals surface area contributed by atoms with Crippen molar-refractivity contribution in [3.8, 4) is 0 Å². The third kappa shape index (κ3) is 8.10. The summed E-state index contributed by atoms with van der Waals surface area (Å²) in [4.78, 5) is 2.45. The zero-order valence-corrected chi connectivity index (χ0v) is 13.3. The summed E-state index contributed by atoms with van der Waals surface area (Å²) in [6.07, 6.45) is 2.18. The van der Waals surface area contributed by atoms with Crippen molar-refractivity contribution in [2.75, 3.05) is 25.9 Å². The largest absolute Gasteiger partial charge is 0.334 e. The lowest BCUT2D eigenvalue weighted by molar-refractivity contribution is 0.138. The Labute approximate surface area is 109 Å². The highest BCUT2D eigenvalue weighted by Gasteiger charge is 2.14. The molecule has 0 rings (SSSR count). The molecule has 0 amide bonds. The third-order valence-corrected chi connectivity index (χ3v) is 4.42. The van der Waals surface area contributed by atoms with Gasteiger partial charge in [0.1, 0.15) is 0 Å². The first-order valence-corrected chi connectivity index (χ1v) is 8.18. The van der Waals surface area contributed by atoms with Gasteiger partial charge in [-0.25, -0.2) is 0 Å². The molecular weight excluding hydrogens is 233 g/mol. The van der Waals surface area contributed by atoms with E-state index < -0.39 is 8.38 Å². The van der Waals surface area contributed by atoms with Crippen LogP contribution in [-0.4, -0.2) is 42.9 Å². The number of nitrogens with zero attached hydrogens (tertiary/aromatic N) is 1. The average Bonchev–Trinajstić information content (AvgIpc) is 2.23. The van der Waals surface area contributed by atoms with Crippen LogP contribution in [0.2, 0.25) is 0 Å². The maximum absolute atomic E-state index is 5.85. The van der Waals surface area contributed by atoms with Gasteiger partial charge < -0.3 is 9.05 Å². The molecular formula is C13H30NO2P. The standard InChI is InChI=1S/C13H30NO2P/c1-7-11-17(15-8-2)16-10-9-14(12(3)4)13(5)6/h12-13H,7-11H2,1-6H3. The van der Waals surface area contributed by atoms with Crippen molar-refractivity contribution in [1.82, 2.24) is 4.90 Å². The first kappa shape index (κ1) is 17.3. The van der Waals surface area contributed by atoms with Gasteiger partial charge in [-0.15, -0.1) is 0 Å². The Morgan fingerprint density at radius 2 is 1.59 bits per heavy atom. The molecule has 104 valence electrons. The van der Waals surface area contributed by atoms with Crippen LogP contribution >= 0.6 is 8.38 Å². The molecule has 3 nitrogen and oxygen atoms in total. The highest BCUT2D eigenvalue weighted by atomic mass is 31.2. The molecule has 0 heterocycles. The van der Waals surface area contributed by atoms with Crippen molar-refractivity contribution < 1.29 is 9.05 Å². The fourth-order valence-corrected chi connectivity index (χ4v) is 3.12. The predicted molar refractivity (Wildman–Crippen MR) is 76.6 cm³/mol. The van der Waals surface area contributed by atoms with Gasteiger partial charge in [-0.1, -0.05) is 6.92 Å². The predicted octanol–water partition coefficient (Wildman–Crippen LogP) is 3.88. The molecule has 0 aliphatic heterocycles. The fraction of sp³-hybridized carbons (Fsp3) is 1.00. The molecule has 1 unspecified atom stereocenters. The van der Waals surface area contributed by atoms with Crippen LogP contribution in [0.1, 0.15) is 48.0 Å². The molecule has 0 saturated heterocycles. The molecule has 17 heavy (non-hydrogen) atoms. The number of hydrogen-bond acceptors (Lipinski definition) is 3. The third-order valence-electron chi connectivity index (χ3n) is 2.59. The van der Waals surface area contributed by atoms with Crippen molar-refractivity contribution in [2.45, 2.75) is 60.0 Å². The van der Waals surface area contributed by atoms with Crippen molar-refractivity contribution in [1.29, 1.82) is 0 Å². The van der Waals surface area contributed by atoms with Gasteiger partial charge in [0.25, 0.3) is 0 Å². The Morgan fingerprint density at radius 3 is 2.00 bits per heavy atom. The molecule has 0 aromatic carbocycles. The van der Waals surface area contributed by atoms with Crippen LogP contribution in [0.3, 0.4) is 0 Å². The van der Waals surface area contributed by atoms with Crippen LogP contribution < -0.4 is 0 Å². The molecule has 0 spiro atoms. The van der Waals surface area contributed by atoms with Crippen LogP contribution in [0.15, 0.2) is 0 Å². The van der Waals surface area contributed by atoms with E-state index in [0.717, 1.165) is 32.3 Å². The first-order valence-electron chi connectivity index (χ1n) is 6.81. The second-order valence-corrected chi connectivity index (χ2v) is 6.36. The van der Waals surface area contributed by atoms with E-state index in [0.29, 0.717) is 12.1 Å². The SMILES string of the molecule is CCCP(OCC)OCCN(C(C)C)C(C)C. The van der Waals surface area contributed by atoms with Gasteiger partial charge >= 0.3 is 0 Å². The number of hydrogen-bond donors (Lipinski definition) is 0. The molecule has 0 fully saturated rings. The van der Waals surface area contributed by atoms with Crippen LogP contribution in [0.4, 0.5) is 0 Å². The van der Waals surface area contributed by atoms with Gasteiger partial charge in [0.2, 0.25) is 0 Å². The van der Waals surface area contributed by atoms with Crippen molar-refractivity contribution in [3.63, 3.8) is 0 Å². The molecule has 1 atom stereocenters. The quantitative estimate of drug-likeness (QED) is 0.558. The van der Waals surface area contributed by atoms with Crippen molar-refractivity contribution in [2.24, 2.45) is 0 Å². The van der Waals surface area contributed by atoms with Gasteiger partial charge in [-0.3, -0.25) is 4.90 Å². The lowest BCUT2D eigenvalue weighted by Gasteiger charge is -2.30. The van der Waals surface area contributed by atoms with E-state index in [1.54, 1.807) is 0 Å². The molecule has 4 heteroatoms. The molecule has 0 N–H and O–H groups in total. The zero-order valence-electron chi connectivity index (χ0n) is 12.4. The topological polar surface area (TPSA) is 21.7 Å². The molecule has 0 saturated carbocycles. The van der Waals surface area contributed by atoms with Gasteiger partial charge in [-0.05, 0) is 41.0 Å². The Morgan fingerprint density at radius 1 is 1.00 bits per heavy atom. The Hall–Kier alpha value is 0.310. The van der Waals surface area contributed by atoms with Crippen LogP contribution in [0.5, 0.6) is 0 Å². The second kappa shape index (κ2) is 10.3. The first-order chi connectivity index (χ1) is 8.02. The molecule has 0 bridgehead atoms. The van der Waals surface area contributed by atoms with E-state index in [1.807, 2.05) is 6.92 Å². The summed E-state index contributed by atoms with van der Waals surface area (Å²) in [6, 6.07) is 1.14. The minimum atomic E-state index is -0.657. The summed E-state index contributed by atoms with van der Waals surface area (Å²) >= 11 is 0. The summed E-state index contributed by atoms with van der Waals surface area (Å²) in [5.74, 6) is 0. The second-order valence-electron chi connectivity index (χ2n) is 4.73. The van der Waals surface area contributed by atoms with E-state index >= 15 is 0 Å². The summed E-state index contributed by atoms with van der Waals surface area (Å²) in [5.41, 5.74) is 0. The fourth-order valence-electron chi connectivity index (χ4n) is 1.85. The van der Waals surface area contributed by atoms with E-state index in [4.69, 9.17) is 9.05 Å². The molecule has 0 aromatic rings. The van der Waals surface area contributed by atoms with Gasteiger partial charge in [-0.2, -0.15) is 0 Å². The number of rotatable bonds is 10. The molecule has 0 radical (unpaired) electrons. The van der Waals surface area contributed by atoms with Gasteiger partial charge in [0, 0.05) is 24.8 Å². The summed E-state index contributed by atoms with van der Waals surface area (Å²) in [7, 11) is -0.657. The average molecular weight is 263 g/mol. The lowest BCUT2D eigenvalue weighted by Crippen LogP contribution is -2.39. The highest BCUT2D eigenvalue weighted by Crippen LogP contribution is 2.38. The van der Waals surface area contributed by atoms with Gasteiger partial charge in [0.15, 0.2) is 8.38 Å².